The van der Waals surface area contributed by atoms with Crippen LogP contribution in [0.3, 0.4) is 0 Å². The Morgan fingerprint density at radius 1 is 0.444 bits per heavy atom. The van der Waals surface area contributed by atoms with Crippen LogP contribution < -0.4 is 0 Å². The van der Waals surface area contributed by atoms with Crippen molar-refractivity contribution in [2.24, 2.45) is 0 Å². The van der Waals surface area contributed by atoms with Crippen LogP contribution in [-0.4, -0.2) is 0 Å². The SMILES string of the molecule is c1ccc(-c2c3ccccc3c(-c3cccc4c3oc3cc5occc5cc34)c3ccccc23)cc1. The van der Waals surface area contributed by atoms with Crippen LogP contribution in [0.1, 0.15) is 0 Å². The van der Waals surface area contributed by atoms with E-state index in [1.54, 1.807) is 6.26 Å². The summed E-state index contributed by atoms with van der Waals surface area (Å²) in [4.78, 5) is 0. The average Bonchev–Trinajstić information content (AvgIpc) is 3.54. The number of para-hydroxylation sites is 1. The molecule has 0 aliphatic heterocycles. The molecule has 0 amide bonds. The largest absolute Gasteiger partial charge is 0.464 e. The molecule has 0 spiro atoms. The standard InChI is InChI=1S/C34H20O2/c1-2-9-21(10-3-1)32-23-11-4-6-13-25(23)33(26-14-7-5-12-24(26)32)28-16-8-15-27-29-19-22-17-18-35-30(22)20-31(29)36-34(27)28/h1-20H. The highest BCUT2D eigenvalue weighted by Crippen LogP contribution is 2.46. The van der Waals surface area contributed by atoms with Crippen LogP contribution in [-0.2, 0) is 0 Å². The summed E-state index contributed by atoms with van der Waals surface area (Å²) in [6.07, 6.45) is 1.73. The molecule has 0 fully saturated rings. The van der Waals surface area contributed by atoms with Crippen molar-refractivity contribution >= 4 is 54.5 Å². The molecule has 0 bridgehead atoms. The second-order valence-electron chi connectivity index (χ2n) is 9.30. The van der Waals surface area contributed by atoms with Crippen LogP contribution in [0.15, 0.2) is 130 Å². The zero-order chi connectivity index (χ0) is 23.6. The van der Waals surface area contributed by atoms with Gasteiger partial charge in [0.05, 0.1) is 6.26 Å². The highest BCUT2D eigenvalue weighted by molar-refractivity contribution is 6.24. The Balaban J connectivity index is 1.54. The smallest absolute Gasteiger partial charge is 0.143 e. The van der Waals surface area contributed by atoms with E-state index in [1.165, 1.54) is 38.2 Å². The Bertz CT molecular complexity index is 2030. The van der Waals surface area contributed by atoms with Gasteiger partial charge in [0.15, 0.2) is 0 Å². The lowest BCUT2D eigenvalue weighted by Crippen LogP contribution is -1.90. The van der Waals surface area contributed by atoms with Crippen molar-refractivity contribution in [1.82, 2.24) is 0 Å². The summed E-state index contributed by atoms with van der Waals surface area (Å²) in [5.74, 6) is 0. The molecule has 0 aliphatic carbocycles. The van der Waals surface area contributed by atoms with Gasteiger partial charge in [-0.3, -0.25) is 0 Å². The van der Waals surface area contributed by atoms with Gasteiger partial charge in [0.2, 0.25) is 0 Å². The van der Waals surface area contributed by atoms with E-state index in [-0.39, 0.29) is 0 Å². The van der Waals surface area contributed by atoms with Crippen molar-refractivity contribution in [3.63, 3.8) is 0 Å². The third-order valence-corrected chi connectivity index (χ3v) is 7.34. The van der Waals surface area contributed by atoms with Crippen LogP contribution in [0.2, 0.25) is 0 Å². The van der Waals surface area contributed by atoms with Crippen LogP contribution in [0.4, 0.5) is 0 Å². The molecule has 2 aromatic heterocycles. The van der Waals surface area contributed by atoms with Gasteiger partial charge in [0.1, 0.15) is 16.7 Å². The fraction of sp³-hybridized carbons (Fsp3) is 0. The summed E-state index contributed by atoms with van der Waals surface area (Å²) < 4.78 is 12.2. The highest BCUT2D eigenvalue weighted by Gasteiger charge is 2.20. The molecule has 0 unspecified atom stereocenters. The second-order valence-corrected chi connectivity index (χ2v) is 9.30. The summed E-state index contributed by atoms with van der Waals surface area (Å²) in [6.45, 7) is 0. The van der Waals surface area contributed by atoms with Crippen molar-refractivity contribution in [3.05, 3.63) is 122 Å². The quantitative estimate of drug-likeness (QED) is 0.240. The number of benzene rings is 6. The fourth-order valence-electron chi connectivity index (χ4n) is 5.79. The number of fused-ring (bicyclic) bond motifs is 6. The van der Waals surface area contributed by atoms with Crippen LogP contribution >= 0.6 is 0 Å². The van der Waals surface area contributed by atoms with Gasteiger partial charge < -0.3 is 8.83 Å². The molecule has 0 aliphatic rings. The van der Waals surface area contributed by atoms with Gasteiger partial charge in [-0.15, -0.1) is 0 Å². The summed E-state index contributed by atoms with van der Waals surface area (Å²) in [5, 5.41) is 8.22. The molecule has 36 heavy (non-hydrogen) atoms. The van der Waals surface area contributed by atoms with E-state index >= 15 is 0 Å². The van der Waals surface area contributed by atoms with Gasteiger partial charge in [0, 0.05) is 33.4 Å². The van der Waals surface area contributed by atoms with E-state index in [0.717, 1.165) is 38.5 Å². The minimum absolute atomic E-state index is 0.839. The van der Waals surface area contributed by atoms with Crippen molar-refractivity contribution in [2.75, 3.05) is 0 Å². The zero-order valence-corrected chi connectivity index (χ0v) is 19.4. The summed E-state index contributed by atoms with van der Waals surface area (Å²) in [5.41, 5.74) is 7.38. The number of hydrogen-bond acceptors (Lipinski definition) is 2. The second kappa shape index (κ2) is 7.34. The minimum Gasteiger partial charge on any atom is -0.464 e. The summed E-state index contributed by atoms with van der Waals surface area (Å²) in [7, 11) is 0. The molecule has 6 aromatic carbocycles. The molecule has 0 saturated heterocycles. The maximum Gasteiger partial charge on any atom is 0.143 e. The normalized spacial score (nSPS) is 11.9. The summed E-state index contributed by atoms with van der Waals surface area (Å²) >= 11 is 0. The number of rotatable bonds is 2. The van der Waals surface area contributed by atoms with E-state index in [0.29, 0.717) is 0 Å². The molecule has 2 nitrogen and oxygen atoms in total. The molecule has 0 atom stereocenters. The zero-order valence-electron chi connectivity index (χ0n) is 19.4. The first-order valence-electron chi connectivity index (χ1n) is 12.2. The average molecular weight is 461 g/mol. The molecular weight excluding hydrogens is 440 g/mol. The molecule has 2 heterocycles. The number of furan rings is 2. The van der Waals surface area contributed by atoms with E-state index in [1.807, 2.05) is 12.1 Å². The Hall–Kier alpha value is -4.82. The molecule has 8 rings (SSSR count). The van der Waals surface area contributed by atoms with Gasteiger partial charge in [-0.1, -0.05) is 97.1 Å². The van der Waals surface area contributed by atoms with E-state index < -0.39 is 0 Å². The Morgan fingerprint density at radius 3 is 1.81 bits per heavy atom. The fourth-order valence-corrected chi connectivity index (χ4v) is 5.79. The van der Waals surface area contributed by atoms with E-state index in [4.69, 9.17) is 8.83 Å². The minimum atomic E-state index is 0.839. The van der Waals surface area contributed by atoms with Crippen LogP contribution in [0.25, 0.3) is 76.7 Å². The van der Waals surface area contributed by atoms with Crippen molar-refractivity contribution in [3.8, 4) is 22.3 Å². The van der Waals surface area contributed by atoms with Crippen molar-refractivity contribution < 1.29 is 8.83 Å². The topological polar surface area (TPSA) is 26.3 Å². The third-order valence-electron chi connectivity index (χ3n) is 7.34. The van der Waals surface area contributed by atoms with Crippen LogP contribution in [0.5, 0.6) is 0 Å². The first kappa shape index (κ1) is 19.5. The summed E-state index contributed by atoms with van der Waals surface area (Å²) in [6, 6.07) is 40.8. The first-order chi connectivity index (χ1) is 17.9. The predicted molar refractivity (Wildman–Crippen MR) is 149 cm³/mol. The van der Waals surface area contributed by atoms with Crippen LogP contribution in [0, 0.1) is 0 Å². The van der Waals surface area contributed by atoms with Gasteiger partial charge in [-0.25, -0.2) is 0 Å². The lowest BCUT2D eigenvalue weighted by molar-refractivity contribution is 0.613. The Labute approximate surface area is 207 Å². The molecule has 0 saturated carbocycles. The lowest BCUT2D eigenvalue weighted by Gasteiger charge is -2.17. The lowest BCUT2D eigenvalue weighted by atomic mass is 9.85. The van der Waals surface area contributed by atoms with Gasteiger partial charge >= 0.3 is 0 Å². The van der Waals surface area contributed by atoms with Gasteiger partial charge in [-0.05, 0) is 44.8 Å². The Kier molecular flexibility index (Phi) is 3.97. The van der Waals surface area contributed by atoms with E-state index in [2.05, 4.69) is 103 Å². The molecule has 0 N–H and O–H groups in total. The molecular formula is C34H20O2. The molecule has 168 valence electrons. The monoisotopic (exact) mass is 460 g/mol. The maximum atomic E-state index is 6.57. The molecule has 8 aromatic rings. The predicted octanol–water partition coefficient (Wildman–Crippen LogP) is 9.97. The Morgan fingerprint density at radius 2 is 1.08 bits per heavy atom. The van der Waals surface area contributed by atoms with Crippen molar-refractivity contribution in [2.45, 2.75) is 0 Å². The van der Waals surface area contributed by atoms with Gasteiger partial charge in [-0.2, -0.15) is 0 Å². The maximum absolute atomic E-state index is 6.57. The highest BCUT2D eigenvalue weighted by atomic mass is 16.3. The van der Waals surface area contributed by atoms with Gasteiger partial charge in [0.25, 0.3) is 0 Å². The molecule has 0 radical (unpaired) electrons. The third kappa shape index (κ3) is 2.67. The molecule has 2 heteroatoms. The van der Waals surface area contributed by atoms with Crippen molar-refractivity contribution in [1.29, 1.82) is 0 Å². The van der Waals surface area contributed by atoms with E-state index in [9.17, 15) is 0 Å². The first-order valence-corrected chi connectivity index (χ1v) is 12.2. The number of hydrogen-bond donors (Lipinski definition) is 0.